The second kappa shape index (κ2) is 10.8. The van der Waals surface area contributed by atoms with Gasteiger partial charge < -0.3 is 19.4 Å². The number of para-hydroxylation sites is 1. The first-order valence-corrected chi connectivity index (χ1v) is 11.5. The molecule has 2 amide bonds. The number of piperidine rings is 1. The van der Waals surface area contributed by atoms with Gasteiger partial charge in [-0.15, -0.1) is 0 Å². The standard InChI is InChI=1S/C25H26F3N3O4/c26-18-5-6-19(21(28)15-18)24(33)31-9-7-17(8-10-31)25(34)35-16-23(32)30-13-11-29(12-14-30)22-4-2-1-3-20(22)27/h1-6,15,17H,7-14,16H2. The van der Waals surface area contributed by atoms with Gasteiger partial charge in [0.05, 0.1) is 17.2 Å². The van der Waals surface area contributed by atoms with Crippen LogP contribution < -0.4 is 4.90 Å². The molecule has 0 aromatic heterocycles. The second-order valence-electron chi connectivity index (χ2n) is 8.62. The number of amides is 2. The molecule has 0 radical (unpaired) electrons. The number of carbonyl (C=O) groups excluding carboxylic acids is 3. The number of halogens is 3. The van der Waals surface area contributed by atoms with E-state index in [4.69, 9.17) is 4.74 Å². The van der Waals surface area contributed by atoms with Crippen molar-refractivity contribution in [2.75, 3.05) is 50.8 Å². The zero-order chi connectivity index (χ0) is 24.9. The lowest BCUT2D eigenvalue weighted by atomic mass is 9.96. The Hall–Kier alpha value is -3.56. The fourth-order valence-corrected chi connectivity index (χ4v) is 4.40. The van der Waals surface area contributed by atoms with Crippen molar-refractivity contribution >= 4 is 23.5 Å². The molecule has 2 fully saturated rings. The monoisotopic (exact) mass is 489 g/mol. The number of carbonyl (C=O) groups is 3. The molecule has 186 valence electrons. The van der Waals surface area contributed by atoms with Gasteiger partial charge in [-0.2, -0.15) is 0 Å². The van der Waals surface area contributed by atoms with E-state index in [2.05, 4.69) is 0 Å². The van der Waals surface area contributed by atoms with Gasteiger partial charge in [0.2, 0.25) is 0 Å². The first kappa shape index (κ1) is 24.6. The Morgan fingerprint density at radius 3 is 2.17 bits per heavy atom. The molecule has 0 bridgehead atoms. The molecule has 0 spiro atoms. The van der Waals surface area contributed by atoms with Crippen molar-refractivity contribution in [2.45, 2.75) is 12.8 Å². The predicted molar refractivity (Wildman–Crippen MR) is 121 cm³/mol. The van der Waals surface area contributed by atoms with E-state index in [1.165, 1.54) is 11.0 Å². The number of hydrogen-bond donors (Lipinski definition) is 0. The Morgan fingerprint density at radius 1 is 0.829 bits per heavy atom. The molecule has 2 aromatic rings. The minimum atomic E-state index is -0.926. The van der Waals surface area contributed by atoms with Crippen LogP contribution in [0.25, 0.3) is 0 Å². The van der Waals surface area contributed by atoms with E-state index in [1.54, 1.807) is 23.1 Å². The maximum Gasteiger partial charge on any atom is 0.309 e. The third kappa shape index (κ3) is 5.75. The lowest BCUT2D eigenvalue weighted by molar-refractivity contribution is -0.156. The third-order valence-electron chi connectivity index (χ3n) is 6.44. The maximum atomic E-state index is 14.0. The summed E-state index contributed by atoms with van der Waals surface area (Å²) < 4.78 is 46.2. The molecule has 0 aliphatic carbocycles. The molecule has 7 nitrogen and oxygen atoms in total. The van der Waals surface area contributed by atoms with Crippen molar-refractivity contribution < 1.29 is 32.3 Å². The quantitative estimate of drug-likeness (QED) is 0.605. The first-order valence-electron chi connectivity index (χ1n) is 11.5. The second-order valence-corrected chi connectivity index (χ2v) is 8.62. The van der Waals surface area contributed by atoms with Gasteiger partial charge in [0.1, 0.15) is 17.5 Å². The predicted octanol–water partition coefficient (Wildman–Crippen LogP) is 2.85. The van der Waals surface area contributed by atoms with Crippen molar-refractivity contribution in [1.29, 1.82) is 0 Å². The van der Waals surface area contributed by atoms with E-state index in [-0.39, 0.29) is 37.0 Å². The minimum Gasteiger partial charge on any atom is -0.455 e. The Morgan fingerprint density at radius 2 is 1.51 bits per heavy atom. The highest BCUT2D eigenvalue weighted by atomic mass is 19.1. The number of esters is 1. The van der Waals surface area contributed by atoms with Crippen molar-refractivity contribution in [3.8, 4) is 0 Å². The maximum absolute atomic E-state index is 14.0. The summed E-state index contributed by atoms with van der Waals surface area (Å²) in [6.45, 7) is 1.81. The van der Waals surface area contributed by atoms with E-state index < -0.39 is 29.4 Å². The summed E-state index contributed by atoms with van der Waals surface area (Å²) in [6, 6.07) is 9.27. The smallest absolute Gasteiger partial charge is 0.309 e. The first-order chi connectivity index (χ1) is 16.8. The number of nitrogens with zero attached hydrogens (tertiary/aromatic N) is 3. The molecule has 2 aromatic carbocycles. The Kier molecular flexibility index (Phi) is 7.57. The van der Waals surface area contributed by atoms with Crippen LogP contribution in [-0.4, -0.2) is 73.5 Å². The van der Waals surface area contributed by atoms with Crippen LogP contribution in [-0.2, 0) is 14.3 Å². The van der Waals surface area contributed by atoms with Crippen LogP contribution in [0.3, 0.4) is 0 Å². The number of rotatable bonds is 5. The van der Waals surface area contributed by atoms with Crippen LogP contribution in [0.4, 0.5) is 18.9 Å². The zero-order valence-electron chi connectivity index (χ0n) is 19.1. The Bertz CT molecular complexity index is 1100. The van der Waals surface area contributed by atoms with Gasteiger partial charge in [-0.3, -0.25) is 14.4 Å². The largest absolute Gasteiger partial charge is 0.455 e. The van der Waals surface area contributed by atoms with E-state index in [1.807, 2.05) is 4.90 Å². The van der Waals surface area contributed by atoms with Crippen LogP contribution in [0.15, 0.2) is 42.5 Å². The fraction of sp³-hybridized carbons (Fsp3) is 0.400. The number of hydrogen-bond acceptors (Lipinski definition) is 5. The highest BCUT2D eigenvalue weighted by molar-refractivity contribution is 5.94. The van der Waals surface area contributed by atoms with Crippen LogP contribution in [0.1, 0.15) is 23.2 Å². The minimum absolute atomic E-state index is 0.215. The van der Waals surface area contributed by atoms with E-state index in [0.717, 1.165) is 12.1 Å². The lowest BCUT2D eigenvalue weighted by Gasteiger charge is -2.36. The molecule has 10 heteroatoms. The number of anilines is 1. The lowest BCUT2D eigenvalue weighted by Crippen LogP contribution is -2.50. The van der Waals surface area contributed by atoms with Crippen LogP contribution in [0.5, 0.6) is 0 Å². The molecular weight excluding hydrogens is 463 g/mol. The number of piperazine rings is 1. The topological polar surface area (TPSA) is 70.2 Å². The number of benzene rings is 2. The molecule has 4 rings (SSSR count). The summed E-state index contributed by atoms with van der Waals surface area (Å²) in [5, 5.41) is 0. The molecule has 2 aliphatic rings. The SMILES string of the molecule is O=C(OCC(=O)N1CCN(c2ccccc2F)CC1)C1CCN(C(=O)c2ccc(F)cc2F)CC1. The van der Waals surface area contributed by atoms with Crippen molar-refractivity contribution in [3.05, 3.63) is 65.5 Å². The molecule has 2 saturated heterocycles. The van der Waals surface area contributed by atoms with Crippen LogP contribution in [0.2, 0.25) is 0 Å². The van der Waals surface area contributed by atoms with Crippen molar-refractivity contribution in [1.82, 2.24) is 9.80 Å². The Balaban J connectivity index is 1.20. The van der Waals surface area contributed by atoms with Crippen LogP contribution in [0, 0.1) is 23.4 Å². The molecule has 0 unspecified atom stereocenters. The molecule has 2 aliphatic heterocycles. The van der Waals surface area contributed by atoms with Gasteiger partial charge in [-0.25, -0.2) is 13.2 Å². The van der Waals surface area contributed by atoms with Gasteiger partial charge in [0.25, 0.3) is 11.8 Å². The molecule has 2 heterocycles. The van der Waals surface area contributed by atoms with Gasteiger partial charge in [-0.05, 0) is 37.1 Å². The van der Waals surface area contributed by atoms with E-state index >= 15 is 0 Å². The number of likely N-dealkylation sites (tertiary alicyclic amines) is 1. The average Bonchev–Trinajstić information content (AvgIpc) is 2.87. The van der Waals surface area contributed by atoms with Gasteiger partial charge in [0, 0.05) is 45.3 Å². The van der Waals surface area contributed by atoms with Crippen molar-refractivity contribution in [3.63, 3.8) is 0 Å². The van der Waals surface area contributed by atoms with E-state index in [9.17, 15) is 27.6 Å². The molecular formula is C25H26F3N3O4. The molecule has 0 atom stereocenters. The molecule has 0 saturated carbocycles. The Labute approximate surface area is 201 Å². The van der Waals surface area contributed by atoms with Crippen LogP contribution >= 0.6 is 0 Å². The zero-order valence-corrected chi connectivity index (χ0v) is 19.1. The summed E-state index contributed by atoms with van der Waals surface area (Å²) in [6.07, 6.45) is 0.645. The normalized spacial score (nSPS) is 16.8. The highest BCUT2D eigenvalue weighted by Crippen LogP contribution is 2.22. The molecule has 35 heavy (non-hydrogen) atoms. The van der Waals surface area contributed by atoms with Crippen molar-refractivity contribution in [2.24, 2.45) is 5.92 Å². The number of ether oxygens (including phenoxy) is 1. The fourth-order valence-electron chi connectivity index (χ4n) is 4.40. The van der Waals surface area contributed by atoms with Gasteiger partial charge in [0.15, 0.2) is 6.61 Å². The summed E-state index contributed by atoms with van der Waals surface area (Å²) in [5.74, 6) is -3.85. The molecule has 0 N–H and O–H groups in total. The summed E-state index contributed by atoms with van der Waals surface area (Å²) in [5.41, 5.74) is 0.283. The average molecular weight is 489 g/mol. The third-order valence-corrected chi connectivity index (χ3v) is 6.44. The highest BCUT2D eigenvalue weighted by Gasteiger charge is 2.31. The summed E-state index contributed by atoms with van der Waals surface area (Å²) in [7, 11) is 0. The van der Waals surface area contributed by atoms with Gasteiger partial charge >= 0.3 is 5.97 Å². The van der Waals surface area contributed by atoms with E-state index in [0.29, 0.717) is 50.8 Å². The van der Waals surface area contributed by atoms with Gasteiger partial charge in [-0.1, -0.05) is 12.1 Å². The summed E-state index contributed by atoms with van der Waals surface area (Å²) >= 11 is 0. The summed E-state index contributed by atoms with van der Waals surface area (Å²) in [4.78, 5) is 42.3.